The Bertz CT molecular complexity index is 1520. The number of amides is 1. The van der Waals surface area contributed by atoms with Crippen molar-refractivity contribution < 1.29 is 28.6 Å². The van der Waals surface area contributed by atoms with E-state index in [1.807, 2.05) is 12.1 Å². The predicted octanol–water partition coefficient (Wildman–Crippen LogP) is 7.97. The maximum Gasteiger partial charge on any atom is 0.344 e. The lowest BCUT2D eigenvalue weighted by Crippen LogP contribution is -2.14. The first-order valence-electron chi connectivity index (χ1n) is 11.4. The Balaban J connectivity index is 1.63. The van der Waals surface area contributed by atoms with Crippen LogP contribution in [0.1, 0.15) is 28.4 Å². The Labute approximate surface area is 260 Å². The van der Waals surface area contributed by atoms with E-state index < -0.39 is 11.9 Å². The lowest BCUT2D eigenvalue weighted by atomic mass is 10.1. The number of carbonyl (C=O) groups excluding carboxylic acids is 2. The van der Waals surface area contributed by atoms with Crippen LogP contribution in [0, 0.1) is 13.0 Å². The van der Waals surface area contributed by atoms with E-state index in [9.17, 15) is 19.1 Å². The maximum atomic E-state index is 13.2. The molecule has 1 amide bonds. The van der Waals surface area contributed by atoms with Gasteiger partial charge < -0.3 is 14.6 Å². The van der Waals surface area contributed by atoms with Crippen molar-refractivity contribution >= 4 is 91.5 Å². The zero-order valence-electron chi connectivity index (χ0n) is 20.2. The molecule has 39 heavy (non-hydrogen) atoms. The van der Waals surface area contributed by atoms with Crippen molar-refractivity contribution in [3.8, 4) is 5.75 Å². The van der Waals surface area contributed by atoms with Crippen molar-refractivity contribution in [1.82, 2.24) is 0 Å². The summed E-state index contributed by atoms with van der Waals surface area (Å²) in [5, 5.41) is 11.2. The van der Waals surface area contributed by atoms with Gasteiger partial charge in [0.05, 0.1) is 29.2 Å². The van der Waals surface area contributed by atoms with Crippen molar-refractivity contribution in [3.63, 3.8) is 0 Å². The monoisotopic (exact) mass is 789 g/mol. The number of aliphatic hydroxyl groups is 1. The van der Waals surface area contributed by atoms with Gasteiger partial charge in [-0.1, -0.05) is 47.6 Å². The second-order valence-electron chi connectivity index (χ2n) is 7.99. The van der Waals surface area contributed by atoms with Crippen LogP contribution in [0.3, 0.4) is 0 Å². The van der Waals surface area contributed by atoms with Crippen molar-refractivity contribution in [3.05, 3.63) is 112 Å². The lowest BCUT2D eigenvalue weighted by molar-refractivity contribution is -0.138. The number of rotatable bonds is 7. The van der Waals surface area contributed by atoms with Crippen LogP contribution >= 0.6 is 68.5 Å². The van der Waals surface area contributed by atoms with Crippen molar-refractivity contribution in [2.45, 2.75) is 13.5 Å². The highest BCUT2D eigenvalue weighted by Gasteiger charge is 2.34. The van der Waals surface area contributed by atoms with E-state index in [0.29, 0.717) is 10.7 Å². The van der Waals surface area contributed by atoms with Gasteiger partial charge in [0.15, 0.2) is 0 Å². The molecule has 1 aliphatic rings. The number of aliphatic imine (C=N–C) groups is 1. The third kappa shape index (κ3) is 7.21. The Kier molecular flexibility index (Phi) is 10.1. The molecular formula is C28H19ClFI2NO5S. The lowest BCUT2D eigenvalue weighted by Gasteiger charge is -2.12. The minimum absolute atomic E-state index is 0.0192. The average Bonchev–Trinajstić information content (AvgIpc) is 3.19. The molecule has 0 spiro atoms. The summed E-state index contributed by atoms with van der Waals surface area (Å²) in [5.74, 6) is -1.40. The standard InChI is InChI=1S/C28H19ClFI2NO5S/c1-2-37-28(36)23-24(34)22(39-27(23)33-26(35)18-5-3-4-6-19(18)29)13-16-11-20(31)25(21(32)12-16)38-14-15-7-9-17(30)10-8-15/h3-13,34H,2,14H2,1H3/b22-13-,33-27?. The second kappa shape index (κ2) is 13.3. The molecule has 1 aliphatic heterocycles. The van der Waals surface area contributed by atoms with Crippen LogP contribution in [0.2, 0.25) is 5.02 Å². The van der Waals surface area contributed by atoms with Crippen LogP contribution in [0.25, 0.3) is 6.08 Å². The largest absolute Gasteiger partial charge is 0.506 e. The number of ether oxygens (including phenoxy) is 2. The molecular weight excluding hydrogens is 771 g/mol. The fourth-order valence-electron chi connectivity index (χ4n) is 3.47. The number of nitrogens with zero attached hydrogens (tertiary/aromatic N) is 1. The third-order valence-corrected chi connectivity index (χ3v) is 8.24. The molecule has 1 N–H and O–H groups in total. The van der Waals surface area contributed by atoms with E-state index in [-0.39, 0.29) is 46.0 Å². The summed E-state index contributed by atoms with van der Waals surface area (Å²) in [6.07, 6.45) is 1.69. The number of halogens is 4. The summed E-state index contributed by atoms with van der Waals surface area (Å²) in [6.45, 7) is 2.00. The molecule has 0 radical (unpaired) electrons. The number of benzene rings is 3. The average molecular weight is 790 g/mol. The first-order valence-corrected chi connectivity index (χ1v) is 14.8. The van der Waals surface area contributed by atoms with E-state index in [1.54, 1.807) is 43.3 Å². The Morgan fingerprint density at radius 1 is 1.10 bits per heavy atom. The highest BCUT2D eigenvalue weighted by atomic mass is 127. The van der Waals surface area contributed by atoms with E-state index in [0.717, 1.165) is 30.0 Å². The van der Waals surface area contributed by atoms with Gasteiger partial charge in [-0.25, -0.2) is 14.2 Å². The highest BCUT2D eigenvalue weighted by Crippen LogP contribution is 2.40. The van der Waals surface area contributed by atoms with E-state index >= 15 is 0 Å². The van der Waals surface area contributed by atoms with Crippen LogP contribution in [0.5, 0.6) is 5.75 Å². The Morgan fingerprint density at radius 2 is 1.77 bits per heavy atom. The summed E-state index contributed by atoms with van der Waals surface area (Å²) in [7, 11) is 0. The SMILES string of the molecule is CCOC(=O)C1=C(O)/C(=C/c2cc(I)c(OCc3ccc(F)cc3)c(I)c2)SC1=NC(=O)c1ccccc1Cl. The number of esters is 1. The van der Waals surface area contributed by atoms with Gasteiger partial charge in [0, 0.05) is 0 Å². The van der Waals surface area contributed by atoms with Crippen LogP contribution in [0.4, 0.5) is 4.39 Å². The van der Waals surface area contributed by atoms with E-state index in [4.69, 9.17) is 21.1 Å². The number of thioether (sulfide) groups is 1. The molecule has 0 aliphatic carbocycles. The summed E-state index contributed by atoms with van der Waals surface area (Å²) in [5.41, 5.74) is 1.55. The van der Waals surface area contributed by atoms with Gasteiger partial charge in [0.25, 0.3) is 5.91 Å². The summed E-state index contributed by atoms with van der Waals surface area (Å²) >= 11 is 11.4. The van der Waals surface area contributed by atoms with Crippen molar-refractivity contribution in [1.29, 1.82) is 0 Å². The Morgan fingerprint density at radius 3 is 2.41 bits per heavy atom. The summed E-state index contributed by atoms with van der Waals surface area (Å²) in [6, 6.07) is 16.3. The van der Waals surface area contributed by atoms with Crippen LogP contribution in [0.15, 0.2) is 81.9 Å². The molecule has 0 aromatic heterocycles. The molecule has 11 heteroatoms. The van der Waals surface area contributed by atoms with E-state index in [2.05, 4.69) is 50.2 Å². The molecule has 4 rings (SSSR count). The molecule has 3 aromatic carbocycles. The summed E-state index contributed by atoms with van der Waals surface area (Å²) in [4.78, 5) is 29.9. The third-order valence-electron chi connectivity index (χ3n) is 5.29. The molecule has 3 aromatic rings. The maximum absolute atomic E-state index is 13.2. The molecule has 0 atom stereocenters. The number of hydrogen-bond acceptors (Lipinski definition) is 6. The molecule has 0 saturated heterocycles. The minimum Gasteiger partial charge on any atom is -0.506 e. The summed E-state index contributed by atoms with van der Waals surface area (Å²) < 4.78 is 25.9. The van der Waals surface area contributed by atoms with Gasteiger partial charge in [-0.15, -0.1) is 0 Å². The quantitative estimate of drug-likeness (QED) is 0.193. The molecule has 0 bridgehead atoms. The number of aliphatic hydroxyl groups excluding tert-OH is 1. The molecule has 0 unspecified atom stereocenters. The van der Waals surface area contributed by atoms with Gasteiger partial charge in [-0.05, 0) is 106 Å². The van der Waals surface area contributed by atoms with Gasteiger partial charge in [0.2, 0.25) is 0 Å². The van der Waals surface area contributed by atoms with Crippen molar-refractivity contribution in [2.75, 3.05) is 6.61 Å². The Hall–Kier alpha value is -2.42. The van der Waals surface area contributed by atoms with E-state index in [1.165, 1.54) is 18.2 Å². The zero-order valence-corrected chi connectivity index (χ0v) is 26.1. The molecule has 6 nitrogen and oxygen atoms in total. The molecule has 0 fully saturated rings. The van der Waals surface area contributed by atoms with Gasteiger partial charge in [-0.3, -0.25) is 4.79 Å². The normalized spacial score (nSPS) is 15.2. The minimum atomic E-state index is -0.787. The van der Waals surface area contributed by atoms with Crippen LogP contribution in [-0.2, 0) is 16.1 Å². The topological polar surface area (TPSA) is 85.2 Å². The molecule has 1 heterocycles. The van der Waals surface area contributed by atoms with Crippen LogP contribution in [-0.4, -0.2) is 28.6 Å². The number of hydrogen-bond donors (Lipinski definition) is 1. The molecule has 200 valence electrons. The molecule has 0 saturated carbocycles. The zero-order chi connectivity index (χ0) is 28.1. The van der Waals surface area contributed by atoms with Crippen molar-refractivity contribution in [2.24, 2.45) is 4.99 Å². The fourth-order valence-corrected chi connectivity index (χ4v) is 6.82. The predicted molar refractivity (Wildman–Crippen MR) is 168 cm³/mol. The smallest absolute Gasteiger partial charge is 0.344 e. The first kappa shape index (κ1) is 29.6. The first-order chi connectivity index (χ1) is 18.7. The second-order valence-corrected chi connectivity index (χ2v) is 11.7. The van der Waals surface area contributed by atoms with Crippen LogP contribution < -0.4 is 4.74 Å². The highest BCUT2D eigenvalue weighted by molar-refractivity contribution is 14.1. The van der Waals surface area contributed by atoms with Gasteiger partial charge >= 0.3 is 5.97 Å². The van der Waals surface area contributed by atoms with Gasteiger partial charge in [0.1, 0.15) is 34.5 Å². The fraction of sp³-hybridized carbons (Fsp3) is 0.107. The van der Waals surface area contributed by atoms with Gasteiger partial charge in [-0.2, -0.15) is 0 Å². The number of carbonyl (C=O) groups is 2.